The Labute approximate surface area is 201 Å². The monoisotopic (exact) mass is 502 g/mol. The van der Waals surface area contributed by atoms with Crippen molar-refractivity contribution < 1.29 is 17.9 Å². The van der Waals surface area contributed by atoms with Gasteiger partial charge in [0.25, 0.3) is 10.0 Å². The molecule has 10 nitrogen and oxygen atoms in total. The smallest absolute Gasteiger partial charge is 0.263 e. The lowest BCUT2D eigenvalue weighted by Crippen LogP contribution is -2.13. The van der Waals surface area contributed by atoms with Crippen LogP contribution in [0, 0.1) is 6.92 Å². The van der Waals surface area contributed by atoms with Crippen molar-refractivity contribution in [3.8, 4) is 23.0 Å². The Morgan fingerprint density at radius 2 is 1.91 bits per heavy atom. The van der Waals surface area contributed by atoms with Gasteiger partial charge >= 0.3 is 0 Å². The van der Waals surface area contributed by atoms with Crippen LogP contribution in [-0.2, 0) is 10.0 Å². The fourth-order valence-electron chi connectivity index (χ4n) is 3.23. The van der Waals surface area contributed by atoms with Crippen LogP contribution in [0.25, 0.3) is 22.4 Å². The summed E-state index contributed by atoms with van der Waals surface area (Å²) in [5, 5.41) is 7.91. The summed E-state index contributed by atoms with van der Waals surface area (Å²) in [4.78, 5) is 8.98. The SMILES string of the molecule is COc1ccc(Cl)c(S(=O)(=O)Nc2ccc(-c3nc(OCCCN)c4c(C)[nH]nc4n3)cc2)c1. The van der Waals surface area contributed by atoms with Crippen molar-refractivity contribution >= 4 is 38.3 Å². The van der Waals surface area contributed by atoms with Gasteiger partial charge in [0.15, 0.2) is 11.5 Å². The molecule has 0 radical (unpaired) electrons. The Kier molecular flexibility index (Phi) is 6.87. The van der Waals surface area contributed by atoms with Gasteiger partial charge in [0.2, 0.25) is 5.88 Å². The molecule has 0 fully saturated rings. The summed E-state index contributed by atoms with van der Waals surface area (Å²) in [6.07, 6.45) is 0.684. The summed E-state index contributed by atoms with van der Waals surface area (Å²) in [6, 6.07) is 11.0. The van der Waals surface area contributed by atoms with Crippen LogP contribution >= 0.6 is 11.6 Å². The third kappa shape index (κ3) is 4.91. The van der Waals surface area contributed by atoms with Crippen LogP contribution in [0.4, 0.5) is 5.69 Å². The maximum absolute atomic E-state index is 12.9. The zero-order valence-electron chi connectivity index (χ0n) is 18.5. The van der Waals surface area contributed by atoms with E-state index in [0.29, 0.717) is 59.3 Å². The second kappa shape index (κ2) is 9.84. The number of H-pyrrole nitrogens is 1. The second-order valence-electron chi connectivity index (χ2n) is 7.37. The van der Waals surface area contributed by atoms with Gasteiger partial charge in [-0.25, -0.2) is 13.4 Å². The fourth-order valence-corrected chi connectivity index (χ4v) is 4.81. The van der Waals surface area contributed by atoms with Gasteiger partial charge in [-0.05, 0) is 56.3 Å². The van der Waals surface area contributed by atoms with Crippen LogP contribution < -0.4 is 19.9 Å². The quantitative estimate of drug-likeness (QED) is 0.295. The number of nitrogens with two attached hydrogens (primary N) is 1. The molecule has 2 heterocycles. The first kappa shape index (κ1) is 23.7. The number of ether oxygens (including phenoxy) is 2. The van der Waals surface area contributed by atoms with Crippen molar-refractivity contribution in [2.45, 2.75) is 18.2 Å². The minimum atomic E-state index is -3.94. The lowest BCUT2D eigenvalue weighted by Gasteiger charge is -2.11. The molecule has 2 aromatic heterocycles. The number of fused-ring (bicyclic) bond motifs is 1. The van der Waals surface area contributed by atoms with Crippen molar-refractivity contribution in [1.82, 2.24) is 20.2 Å². The number of nitrogens with zero attached hydrogens (tertiary/aromatic N) is 3. The summed E-state index contributed by atoms with van der Waals surface area (Å²) in [5.74, 6) is 1.19. The maximum Gasteiger partial charge on any atom is 0.263 e. The lowest BCUT2D eigenvalue weighted by atomic mass is 10.2. The number of anilines is 1. The third-order valence-corrected chi connectivity index (χ3v) is 6.83. The molecule has 0 atom stereocenters. The molecule has 0 bridgehead atoms. The van der Waals surface area contributed by atoms with E-state index in [1.807, 2.05) is 6.92 Å². The molecule has 2 aromatic carbocycles. The van der Waals surface area contributed by atoms with Crippen LogP contribution in [0.2, 0.25) is 5.02 Å². The van der Waals surface area contributed by atoms with Gasteiger partial charge in [-0.15, -0.1) is 0 Å². The molecule has 0 amide bonds. The number of rotatable bonds is 9. The molecule has 4 N–H and O–H groups in total. The molecule has 4 aromatic rings. The number of methoxy groups -OCH3 is 1. The van der Waals surface area contributed by atoms with E-state index in [1.165, 1.54) is 19.2 Å². The van der Waals surface area contributed by atoms with Crippen LogP contribution in [0.1, 0.15) is 12.1 Å². The van der Waals surface area contributed by atoms with Gasteiger partial charge < -0.3 is 15.2 Å². The van der Waals surface area contributed by atoms with Crippen LogP contribution in [0.15, 0.2) is 47.4 Å². The Morgan fingerprint density at radius 1 is 1.15 bits per heavy atom. The van der Waals surface area contributed by atoms with E-state index in [4.69, 9.17) is 26.8 Å². The van der Waals surface area contributed by atoms with Crippen molar-refractivity contribution in [1.29, 1.82) is 0 Å². The number of nitrogens with one attached hydrogen (secondary N) is 2. The molecule has 0 saturated heterocycles. The summed E-state index contributed by atoms with van der Waals surface area (Å²) in [5.41, 5.74) is 7.84. The number of hydrogen-bond donors (Lipinski definition) is 3. The average Bonchev–Trinajstić information content (AvgIpc) is 3.20. The van der Waals surface area contributed by atoms with Crippen molar-refractivity contribution in [3.63, 3.8) is 0 Å². The highest BCUT2D eigenvalue weighted by molar-refractivity contribution is 7.92. The molecule has 0 aliphatic carbocycles. The topological polar surface area (TPSA) is 145 Å². The van der Waals surface area contributed by atoms with Crippen molar-refractivity contribution in [2.24, 2.45) is 5.73 Å². The number of aryl methyl sites for hydroxylation is 1. The lowest BCUT2D eigenvalue weighted by molar-refractivity contribution is 0.305. The first-order chi connectivity index (χ1) is 16.3. The van der Waals surface area contributed by atoms with E-state index in [2.05, 4.69) is 24.9 Å². The van der Waals surface area contributed by atoms with Gasteiger partial charge in [0.05, 0.1) is 18.7 Å². The van der Waals surface area contributed by atoms with E-state index in [0.717, 1.165) is 5.69 Å². The third-order valence-electron chi connectivity index (χ3n) is 4.97. The van der Waals surface area contributed by atoms with E-state index in [-0.39, 0.29) is 9.92 Å². The zero-order valence-corrected chi connectivity index (χ0v) is 20.1. The normalized spacial score (nSPS) is 11.5. The molecule has 0 aliphatic heterocycles. The Hall–Kier alpha value is -3.41. The number of halogens is 1. The summed E-state index contributed by atoms with van der Waals surface area (Å²) in [6.45, 7) is 2.79. The number of hydrogen-bond acceptors (Lipinski definition) is 8. The highest BCUT2D eigenvalue weighted by Gasteiger charge is 2.20. The molecule has 0 saturated carbocycles. The van der Waals surface area contributed by atoms with Crippen LogP contribution in [0.5, 0.6) is 11.6 Å². The number of aromatic nitrogens is 4. The maximum atomic E-state index is 12.9. The highest BCUT2D eigenvalue weighted by Crippen LogP contribution is 2.30. The molecule has 178 valence electrons. The van der Waals surface area contributed by atoms with E-state index >= 15 is 0 Å². The molecular formula is C22H23ClN6O4S. The molecular weight excluding hydrogens is 480 g/mol. The van der Waals surface area contributed by atoms with Gasteiger partial charge in [-0.1, -0.05) is 11.6 Å². The first-order valence-corrected chi connectivity index (χ1v) is 12.2. The van der Waals surface area contributed by atoms with Gasteiger partial charge in [-0.2, -0.15) is 10.1 Å². The van der Waals surface area contributed by atoms with Gasteiger partial charge in [-0.3, -0.25) is 9.82 Å². The largest absolute Gasteiger partial charge is 0.497 e. The standard InChI is InChI=1S/C22H23ClN6O4S/c1-13-19-21(28-27-13)25-20(26-22(19)33-11-3-10-24)14-4-6-15(7-5-14)29-34(30,31)18-12-16(32-2)8-9-17(18)23/h4-9,12,29H,3,10-11,24H2,1-2H3,(H,25,26,27,28). The molecule has 0 aliphatic rings. The van der Waals surface area contributed by atoms with E-state index in [9.17, 15) is 8.42 Å². The van der Waals surface area contributed by atoms with Crippen molar-refractivity contribution in [2.75, 3.05) is 25.0 Å². The van der Waals surface area contributed by atoms with Gasteiger partial charge in [0.1, 0.15) is 16.0 Å². The zero-order chi connectivity index (χ0) is 24.3. The predicted octanol–water partition coefficient (Wildman–Crippen LogP) is 3.52. The molecule has 0 unspecified atom stereocenters. The molecule has 0 spiro atoms. The second-order valence-corrected chi connectivity index (χ2v) is 9.43. The summed E-state index contributed by atoms with van der Waals surface area (Å²) in [7, 11) is -2.49. The molecule has 34 heavy (non-hydrogen) atoms. The first-order valence-electron chi connectivity index (χ1n) is 10.3. The predicted molar refractivity (Wildman–Crippen MR) is 130 cm³/mol. The Bertz CT molecular complexity index is 1420. The molecule has 12 heteroatoms. The van der Waals surface area contributed by atoms with E-state index < -0.39 is 10.0 Å². The number of aromatic amines is 1. The minimum Gasteiger partial charge on any atom is -0.497 e. The van der Waals surface area contributed by atoms with Crippen molar-refractivity contribution in [3.05, 3.63) is 53.2 Å². The highest BCUT2D eigenvalue weighted by atomic mass is 35.5. The number of sulfonamides is 1. The minimum absolute atomic E-state index is 0.0838. The summed E-state index contributed by atoms with van der Waals surface area (Å²) < 4.78 is 39.2. The number of benzene rings is 2. The van der Waals surface area contributed by atoms with Gasteiger partial charge in [0, 0.05) is 23.0 Å². The average molecular weight is 503 g/mol. The Morgan fingerprint density at radius 3 is 2.62 bits per heavy atom. The Balaban J connectivity index is 1.61. The summed E-state index contributed by atoms with van der Waals surface area (Å²) >= 11 is 6.10. The van der Waals surface area contributed by atoms with E-state index in [1.54, 1.807) is 30.3 Å². The van der Waals surface area contributed by atoms with Crippen LogP contribution in [-0.4, -0.2) is 48.8 Å². The fraction of sp³-hybridized carbons (Fsp3) is 0.227. The van der Waals surface area contributed by atoms with Crippen LogP contribution in [0.3, 0.4) is 0 Å². The molecule has 4 rings (SSSR count).